The lowest BCUT2D eigenvalue weighted by Gasteiger charge is -2.12. The maximum Gasteiger partial charge on any atom is 0.420 e. The van der Waals surface area contributed by atoms with Crippen LogP contribution in [0.15, 0.2) is 36.4 Å². The zero-order valence-electron chi connectivity index (χ0n) is 11.1. The molecule has 2 aromatic rings. The number of benzene rings is 2. The fourth-order valence-electron chi connectivity index (χ4n) is 1.85. The summed E-state index contributed by atoms with van der Waals surface area (Å²) in [5.74, 6) is -0.712. The average molecular weight is 298 g/mol. The van der Waals surface area contributed by atoms with Gasteiger partial charge in [0.1, 0.15) is 28.6 Å². The number of alkyl halides is 3. The largest absolute Gasteiger partial charge is 0.508 e. The van der Waals surface area contributed by atoms with Crippen molar-refractivity contribution in [1.82, 2.24) is 0 Å². The molecule has 0 aromatic heterocycles. The van der Waals surface area contributed by atoms with Crippen molar-refractivity contribution < 1.29 is 28.1 Å². The minimum absolute atomic E-state index is 0.0184. The van der Waals surface area contributed by atoms with Gasteiger partial charge in [-0.15, -0.1) is 0 Å². The van der Waals surface area contributed by atoms with Gasteiger partial charge >= 0.3 is 6.18 Å². The fraction of sp³-hybridized carbons (Fsp3) is 0.200. The van der Waals surface area contributed by atoms with E-state index < -0.39 is 17.5 Å². The Bertz CT molecular complexity index is 651. The molecule has 0 amide bonds. The van der Waals surface area contributed by atoms with Crippen molar-refractivity contribution in [3.05, 3.63) is 47.5 Å². The average Bonchev–Trinajstić information content (AvgIpc) is 2.40. The van der Waals surface area contributed by atoms with Crippen molar-refractivity contribution >= 4 is 0 Å². The number of phenolic OH excluding ortho intramolecular Hbond substituents is 2. The number of hydrogen-bond donors (Lipinski definition) is 2. The molecule has 0 aliphatic heterocycles. The predicted molar refractivity (Wildman–Crippen MR) is 70.7 cm³/mol. The summed E-state index contributed by atoms with van der Waals surface area (Å²) in [4.78, 5) is 0. The van der Waals surface area contributed by atoms with Gasteiger partial charge in [-0.25, -0.2) is 0 Å². The minimum atomic E-state index is -4.67. The molecule has 0 aliphatic rings. The van der Waals surface area contributed by atoms with Crippen LogP contribution in [0, 0.1) is 0 Å². The van der Waals surface area contributed by atoms with E-state index in [1.54, 1.807) is 12.1 Å². The van der Waals surface area contributed by atoms with E-state index in [9.17, 15) is 23.4 Å². The Labute approximate surface area is 119 Å². The Hall–Kier alpha value is -2.37. The number of aromatic hydroxyl groups is 2. The van der Waals surface area contributed by atoms with E-state index in [0.29, 0.717) is 18.1 Å². The topological polar surface area (TPSA) is 49.7 Å². The molecule has 2 N–H and O–H groups in total. The highest BCUT2D eigenvalue weighted by Crippen LogP contribution is 2.38. The van der Waals surface area contributed by atoms with E-state index in [-0.39, 0.29) is 17.2 Å². The smallest absolute Gasteiger partial charge is 0.420 e. The molecule has 0 saturated heterocycles. The molecule has 0 unspecified atom stereocenters. The van der Waals surface area contributed by atoms with Crippen LogP contribution in [0.5, 0.6) is 23.0 Å². The highest BCUT2D eigenvalue weighted by atomic mass is 19.4. The van der Waals surface area contributed by atoms with Crippen LogP contribution in [0.2, 0.25) is 0 Å². The van der Waals surface area contributed by atoms with Gasteiger partial charge in [-0.3, -0.25) is 0 Å². The Balaban J connectivity index is 2.30. The molecule has 0 atom stereocenters. The second-order valence-corrected chi connectivity index (χ2v) is 4.42. The quantitative estimate of drug-likeness (QED) is 0.879. The van der Waals surface area contributed by atoms with Crippen LogP contribution in [0.4, 0.5) is 13.2 Å². The number of hydrogen-bond acceptors (Lipinski definition) is 3. The fourth-order valence-corrected chi connectivity index (χ4v) is 1.85. The zero-order chi connectivity index (χ0) is 15.6. The van der Waals surface area contributed by atoms with Gasteiger partial charge in [0.25, 0.3) is 0 Å². The number of halogens is 3. The molecule has 0 bridgehead atoms. The maximum atomic E-state index is 12.7. The SMILES string of the molecule is CCc1ccc(Oc2ccc(O)c(C(F)(F)F)c2)cc1O. The van der Waals surface area contributed by atoms with Gasteiger partial charge in [0.15, 0.2) is 0 Å². The van der Waals surface area contributed by atoms with Crippen LogP contribution in [-0.4, -0.2) is 10.2 Å². The lowest BCUT2D eigenvalue weighted by molar-refractivity contribution is -0.138. The third-order valence-corrected chi connectivity index (χ3v) is 2.95. The second kappa shape index (κ2) is 5.55. The normalized spacial score (nSPS) is 11.4. The van der Waals surface area contributed by atoms with Crippen molar-refractivity contribution in [3.63, 3.8) is 0 Å². The van der Waals surface area contributed by atoms with Crippen molar-refractivity contribution in [2.75, 3.05) is 0 Å². The number of phenols is 2. The van der Waals surface area contributed by atoms with Crippen molar-refractivity contribution in [2.45, 2.75) is 19.5 Å². The summed E-state index contributed by atoms with van der Waals surface area (Å²) in [7, 11) is 0. The summed E-state index contributed by atoms with van der Waals surface area (Å²) >= 11 is 0. The van der Waals surface area contributed by atoms with Gasteiger partial charge in [-0.1, -0.05) is 13.0 Å². The van der Waals surface area contributed by atoms with Gasteiger partial charge in [-0.2, -0.15) is 13.2 Å². The minimum Gasteiger partial charge on any atom is -0.508 e. The molecular weight excluding hydrogens is 285 g/mol. The summed E-state index contributed by atoms with van der Waals surface area (Å²) in [5.41, 5.74) is -0.460. The molecular formula is C15H13F3O3. The van der Waals surface area contributed by atoms with Crippen molar-refractivity contribution in [2.24, 2.45) is 0 Å². The van der Waals surface area contributed by atoms with Gasteiger partial charge in [0.05, 0.1) is 0 Å². The Morgan fingerprint density at radius 3 is 2.14 bits per heavy atom. The van der Waals surface area contributed by atoms with Gasteiger partial charge < -0.3 is 14.9 Å². The number of aryl methyl sites for hydroxylation is 1. The maximum absolute atomic E-state index is 12.7. The molecule has 0 fully saturated rings. The van der Waals surface area contributed by atoms with E-state index in [1.807, 2.05) is 6.92 Å². The Kier molecular flexibility index (Phi) is 3.97. The third-order valence-electron chi connectivity index (χ3n) is 2.95. The molecule has 0 saturated carbocycles. The summed E-state index contributed by atoms with van der Waals surface area (Å²) in [5, 5.41) is 18.9. The summed E-state index contributed by atoms with van der Waals surface area (Å²) < 4.78 is 43.3. The van der Waals surface area contributed by atoms with Crippen LogP contribution in [0.1, 0.15) is 18.1 Å². The molecule has 0 heterocycles. The Morgan fingerprint density at radius 1 is 0.952 bits per heavy atom. The standard InChI is InChI=1S/C15H13F3O3/c1-2-9-3-4-11(8-14(9)20)21-10-5-6-13(19)12(7-10)15(16,17)18/h3-8,19-20H,2H2,1H3. The molecule has 0 radical (unpaired) electrons. The van der Waals surface area contributed by atoms with E-state index in [0.717, 1.165) is 6.07 Å². The first kappa shape index (κ1) is 15.0. The predicted octanol–water partition coefficient (Wildman–Crippen LogP) is 4.47. The lowest BCUT2D eigenvalue weighted by atomic mass is 10.1. The first-order chi connectivity index (χ1) is 9.81. The molecule has 2 aromatic carbocycles. The summed E-state index contributed by atoms with van der Waals surface area (Å²) in [6.45, 7) is 1.87. The highest BCUT2D eigenvalue weighted by molar-refractivity contribution is 5.45. The highest BCUT2D eigenvalue weighted by Gasteiger charge is 2.34. The van der Waals surface area contributed by atoms with Crippen LogP contribution in [-0.2, 0) is 12.6 Å². The number of rotatable bonds is 3. The first-order valence-corrected chi connectivity index (χ1v) is 6.21. The first-order valence-electron chi connectivity index (χ1n) is 6.21. The monoisotopic (exact) mass is 298 g/mol. The van der Waals surface area contributed by atoms with Gasteiger partial charge in [0.2, 0.25) is 0 Å². The van der Waals surface area contributed by atoms with Crippen molar-refractivity contribution in [1.29, 1.82) is 0 Å². The van der Waals surface area contributed by atoms with E-state index in [2.05, 4.69) is 0 Å². The number of ether oxygens (including phenoxy) is 1. The van der Waals surface area contributed by atoms with Crippen LogP contribution < -0.4 is 4.74 Å². The molecule has 0 spiro atoms. The molecule has 3 nitrogen and oxygen atoms in total. The van der Waals surface area contributed by atoms with E-state index >= 15 is 0 Å². The molecule has 6 heteroatoms. The zero-order valence-corrected chi connectivity index (χ0v) is 11.1. The Morgan fingerprint density at radius 2 is 1.57 bits per heavy atom. The van der Waals surface area contributed by atoms with Gasteiger partial charge in [-0.05, 0) is 36.2 Å². The third kappa shape index (κ3) is 3.39. The van der Waals surface area contributed by atoms with Crippen LogP contribution in [0.25, 0.3) is 0 Å². The summed E-state index contributed by atoms with van der Waals surface area (Å²) in [6.07, 6.45) is -4.04. The molecule has 112 valence electrons. The summed E-state index contributed by atoms with van der Waals surface area (Å²) in [6, 6.07) is 7.36. The van der Waals surface area contributed by atoms with Gasteiger partial charge in [0, 0.05) is 6.07 Å². The van der Waals surface area contributed by atoms with Crippen LogP contribution in [0.3, 0.4) is 0 Å². The van der Waals surface area contributed by atoms with Crippen molar-refractivity contribution in [3.8, 4) is 23.0 Å². The second-order valence-electron chi connectivity index (χ2n) is 4.42. The molecule has 0 aliphatic carbocycles. The van der Waals surface area contributed by atoms with Crippen LogP contribution >= 0.6 is 0 Å². The van der Waals surface area contributed by atoms with E-state index in [4.69, 9.17) is 4.74 Å². The molecule has 2 rings (SSSR count). The molecule has 21 heavy (non-hydrogen) atoms. The van der Waals surface area contributed by atoms with E-state index in [1.165, 1.54) is 12.1 Å². The lowest BCUT2D eigenvalue weighted by Crippen LogP contribution is -2.05.